The number of nitrogens with one attached hydrogen (secondary N) is 1. The molecule has 0 spiro atoms. The van der Waals surface area contributed by atoms with Crippen molar-refractivity contribution in [1.29, 1.82) is 5.26 Å². The highest BCUT2D eigenvalue weighted by Gasteiger charge is 2.45. The number of hydrogen-bond acceptors (Lipinski definition) is 4. The van der Waals surface area contributed by atoms with Crippen molar-refractivity contribution < 1.29 is 9.90 Å². The molecule has 0 aromatic rings. The van der Waals surface area contributed by atoms with Crippen molar-refractivity contribution in [1.82, 2.24) is 10.2 Å². The molecule has 2 aliphatic carbocycles. The second-order valence-electron chi connectivity index (χ2n) is 10.4. The van der Waals surface area contributed by atoms with E-state index in [1.807, 2.05) is 11.9 Å². The van der Waals surface area contributed by atoms with E-state index >= 15 is 0 Å². The molecular weight excluding hydrogens is 374 g/mol. The third-order valence-electron chi connectivity index (χ3n) is 8.35. The van der Waals surface area contributed by atoms with Gasteiger partial charge in [-0.1, -0.05) is 51.9 Å². The Balaban J connectivity index is 1.68. The molecule has 0 bridgehead atoms. The molecule has 170 valence electrons. The molecule has 2 saturated carbocycles. The summed E-state index contributed by atoms with van der Waals surface area (Å²) < 4.78 is 0. The molecule has 3 fully saturated rings. The van der Waals surface area contributed by atoms with Gasteiger partial charge in [0.25, 0.3) is 0 Å². The van der Waals surface area contributed by atoms with Crippen LogP contribution in [0.1, 0.15) is 90.4 Å². The lowest BCUT2D eigenvalue weighted by molar-refractivity contribution is -0.139. The van der Waals surface area contributed by atoms with E-state index in [1.165, 1.54) is 64.2 Å². The fourth-order valence-corrected chi connectivity index (χ4v) is 6.75. The molecule has 3 aliphatic rings. The third-order valence-corrected chi connectivity index (χ3v) is 8.35. The standard InChI is InChI=1S/C25H43N3O2/c1-3-4-5-6-8-18-11-12-23-22(14-18)21(20-10-7-9-19(13-20)16-26)15-24(27-23)28(2)17-25(29)30/h18-24,27H,3-15,17H2,1-2H3,(H,29,30). The van der Waals surface area contributed by atoms with Crippen molar-refractivity contribution in [3.8, 4) is 6.07 Å². The van der Waals surface area contributed by atoms with Crippen LogP contribution in [0.5, 0.6) is 0 Å². The molecule has 0 radical (unpaired) electrons. The summed E-state index contributed by atoms with van der Waals surface area (Å²) in [5.41, 5.74) is 0. The fraction of sp³-hybridized carbons (Fsp3) is 0.920. The normalized spacial score (nSPS) is 36.8. The maximum absolute atomic E-state index is 11.3. The van der Waals surface area contributed by atoms with E-state index in [1.54, 1.807) is 0 Å². The largest absolute Gasteiger partial charge is 0.480 e. The zero-order valence-corrected chi connectivity index (χ0v) is 19.2. The molecule has 1 heterocycles. The summed E-state index contributed by atoms with van der Waals surface area (Å²) in [6, 6.07) is 3.06. The Labute approximate surface area is 183 Å². The first-order valence-corrected chi connectivity index (χ1v) is 12.6. The highest BCUT2D eigenvalue weighted by molar-refractivity contribution is 5.69. The molecule has 5 nitrogen and oxygen atoms in total. The van der Waals surface area contributed by atoms with Crippen molar-refractivity contribution in [3.63, 3.8) is 0 Å². The van der Waals surface area contributed by atoms with Gasteiger partial charge in [0.2, 0.25) is 0 Å². The third kappa shape index (κ3) is 6.20. The van der Waals surface area contributed by atoms with E-state index in [0.717, 1.165) is 25.2 Å². The number of aliphatic carboxylic acids is 1. The van der Waals surface area contributed by atoms with Crippen molar-refractivity contribution >= 4 is 5.97 Å². The molecule has 0 aromatic carbocycles. The summed E-state index contributed by atoms with van der Waals surface area (Å²) >= 11 is 0. The number of piperidine rings is 1. The summed E-state index contributed by atoms with van der Waals surface area (Å²) in [6.45, 7) is 2.37. The number of nitrogens with zero attached hydrogens (tertiary/aromatic N) is 2. The van der Waals surface area contributed by atoms with Gasteiger partial charge in [-0.3, -0.25) is 15.0 Å². The maximum atomic E-state index is 11.3. The van der Waals surface area contributed by atoms with Gasteiger partial charge in [-0.25, -0.2) is 0 Å². The van der Waals surface area contributed by atoms with Crippen LogP contribution < -0.4 is 5.32 Å². The zero-order chi connectivity index (χ0) is 21.5. The molecule has 0 aromatic heterocycles. The van der Waals surface area contributed by atoms with Crippen LogP contribution in [0.2, 0.25) is 0 Å². The molecule has 1 aliphatic heterocycles. The lowest BCUT2D eigenvalue weighted by Crippen LogP contribution is -2.60. The first-order valence-electron chi connectivity index (χ1n) is 12.6. The smallest absolute Gasteiger partial charge is 0.317 e. The van der Waals surface area contributed by atoms with Crippen molar-refractivity contribution in [2.45, 2.75) is 103 Å². The molecule has 3 rings (SSSR count). The number of rotatable bonds is 9. The lowest BCUT2D eigenvalue weighted by Gasteiger charge is -2.52. The topological polar surface area (TPSA) is 76.4 Å². The highest BCUT2D eigenvalue weighted by atomic mass is 16.4. The van der Waals surface area contributed by atoms with Gasteiger partial charge in [-0.15, -0.1) is 0 Å². The summed E-state index contributed by atoms with van der Waals surface area (Å²) in [5, 5.41) is 22.7. The number of hydrogen-bond donors (Lipinski definition) is 2. The number of unbranched alkanes of at least 4 members (excludes halogenated alkanes) is 3. The number of carboxylic acids is 1. The first kappa shape index (κ1) is 23.5. The Bertz CT molecular complexity index is 589. The van der Waals surface area contributed by atoms with Gasteiger partial charge >= 0.3 is 5.97 Å². The molecule has 0 amide bonds. The predicted octanol–water partition coefficient (Wildman–Crippen LogP) is 5.02. The van der Waals surface area contributed by atoms with Crippen LogP contribution in [0.4, 0.5) is 0 Å². The van der Waals surface area contributed by atoms with E-state index in [-0.39, 0.29) is 18.6 Å². The molecule has 7 unspecified atom stereocenters. The first-order chi connectivity index (χ1) is 14.5. The lowest BCUT2D eigenvalue weighted by atomic mass is 9.61. The van der Waals surface area contributed by atoms with Gasteiger partial charge in [0, 0.05) is 12.0 Å². The van der Waals surface area contributed by atoms with Crippen molar-refractivity contribution in [3.05, 3.63) is 0 Å². The van der Waals surface area contributed by atoms with Gasteiger partial charge in [-0.05, 0) is 69.2 Å². The number of nitriles is 1. The van der Waals surface area contributed by atoms with E-state index in [9.17, 15) is 15.2 Å². The van der Waals surface area contributed by atoms with Crippen LogP contribution in [0, 0.1) is 40.9 Å². The van der Waals surface area contributed by atoms with Crippen LogP contribution in [-0.2, 0) is 4.79 Å². The fourth-order valence-electron chi connectivity index (χ4n) is 6.75. The molecule has 1 saturated heterocycles. The maximum Gasteiger partial charge on any atom is 0.317 e. The predicted molar refractivity (Wildman–Crippen MR) is 120 cm³/mol. The van der Waals surface area contributed by atoms with Crippen LogP contribution >= 0.6 is 0 Å². The molecular formula is C25H43N3O2. The highest BCUT2D eigenvalue weighted by Crippen LogP contribution is 2.47. The van der Waals surface area contributed by atoms with Crippen LogP contribution in [0.25, 0.3) is 0 Å². The van der Waals surface area contributed by atoms with Crippen molar-refractivity contribution in [2.24, 2.45) is 29.6 Å². The summed E-state index contributed by atoms with van der Waals surface area (Å²) in [7, 11) is 1.95. The SMILES string of the molecule is CCCCCCC1CCC2NC(N(C)CC(=O)O)CC(C3CCCC(C#N)C3)C2C1. The van der Waals surface area contributed by atoms with E-state index in [4.69, 9.17) is 0 Å². The van der Waals surface area contributed by atoms with Crippen LogP contribution in [0.15, 0.2) is 0 Å². The minimum atomic E-state index is -0.754. The Morgan fingerprint density at radius 3 is 2.67 bits per heavy atom. The second kappa shape index (κ2) is 11.5. The summed E-state index contributed by atoms with van der Waals surface area (Å²) in [5.74, 6) is 2.30. The van der Waals surface area contributed by atoms with Gasteiger partial charge in [0.1, 0.15) is 0 Å². The second-order valence-corrected chi connectivity index (χ2v) is 10.4. The van der Waals surface area contributed by atoms with Gasteiger partial charge in [0.15, 0.2) is 0 Å². The van der Waals surface area contributed by atoms with Crippen LogP contribution in [-0.4, -0.2) is 41.8 Å². The molecule has 5 heteroatoms. The zero-order valence-electron chi connectivity index (χ0n) is 19.2. The molecule has 7 atom stereocenters. The van der Waals surface area contributed by atoms with Gasteiger partial charge in [-0.2, -0.15) is 5.26 Å². The monoisotopic (exact) mass is 417 g/mol. The van der Waals surface area contributed by atoms with Crippen LogP contribution in [0.3, 0.4) is 0 Å². The van der Waals surface area contributed by atoms with Gasteiger partial charge in [0.05, 0.1) is 18.8 Å². The summed E-state index contributed by atoms with van der Waals surface area (Å²) in [6.07, 6.45) is 16.4. The van der Waals surface area contributed by atoms with E-state index < -0.39 is 5.97 Å². The summed E-state index contributed by atoms with van der Waals surface area (Å²) in [4.78, 5) is 13.3. The van der Waals surface area contributed by atoms with Gasteiger partial charge < -0.3 is 5.11 Å². The average molecular weight is 418 g/mol. The Hall–Kier alpha value is -1.12. The van der Waals surface area contributed by atoms with E-state index in [2.05, 4.69) is 18.3 Å². The Morgan fingerprint density at radius 2 is 1.93 bits per heavy atom. The number of carbonyl (C=O) groups is 1. The minimum Gasteiger partial charge on any atom is -0.480 e. The number of fused-ring (bicyclic) bond motifs is 1. The Morgan fingerprint density at radius 1 is 1.10 bits per heavy atom. The minimum absolute atomic E-state index is 0.0906. The van der Waals surface area contributed by atoms with Crippen molar-refractivity contribution in [2.75, 3.05) is 13.6 Å². The molecule has 2 N–H and O–H groups in total. The number of likely N-dealkylation sites (N-methyl/N-ethyl adjacent to an activating group) is 1. The number of carboxylic acid groups (broad SMARTS) is 1. The molecule has 30 heavy (non-hydrogen) atoms. The van der Waals surface area contributed by atoms with E-state index in [0.29, 0.717) is 23.8 Å². The quantitative estimate of drug-likeness (QED) is 0.515. The Kier molecular flexibility index (Phi) is 9.01. The average Bonchev–Trinajstić information content (AvgIpc) is 2.75.